The minimum absolute atomic E-state index is 0.184. The second-order valence-electron chi connectivity index (χ2n) is 4.48. The van der Waals surface area contributed by atoms with Crippen molar-refractivity contribution >= 4 is 26.0 Å². The molecule has 0 fully saturated rings. The number of benzene rings is 1. The van der Waals surface area contributed by atoms with E-state index in [1.54, 1.807) is 0 Å². The molecular weight excluding hydrogens is 229 g/mol. The van der Waals surface area contributed by atoms with Crippen molar-refractivity contribution in [1.29, 1.82) is 0 Å². The summed E-state index contributed by atoms with van der Waals surface area (Å²) in [7, 11) is -0.184. The van der Waals surface area contributed by atoms with Crippen LogP contribution in [0.3, 0.4) is 0 Å². The Hall–Kier alpha value is -0.720. The molecule has 2 atom stereocenters. The van der Waals surface area contributed by atoms with Gasteiger partial charge < -0.3 is 4.89 Å². The monoisotopic (exact) mass is 251 g/mol. The molecule has 1 aromatic rings. The van der Waals surface area contributed by atoms with Crippen LogP contribution in [0.5, 0.6) is 0 Å². The van der Waals surface area contributed by atoms with E-state index in [9.17, 15) is 4.89 Å². The molecule has 17 heavy (non-hydrogen) atoms. The van der Waals surface area contributed by atoms with E-state index in [-0.39, 0.29) is 8.81 Å². The molecule has 0 amide bonds. The minimum atomic E-state index is -0.184. The number of hydrogen-bond donors (Lipinski definition) is 1. The van der Waals surface area contributed by atoms with Gasteiger partial charge in [0.05, 0.1) is 5.69 Å². The Morgan fingerprint density at radius 3 is 2.88 bits per heavy atom. The molecular formula is C14H22NOP. The predicted molar refractivity (Wildman–Crippen MR) is 78.2 cm³/mol. The van der Waals surface area contributed by atoms with Crippen LogP contribution < -0.4 is 5.30 Å². The summed E-state index contributed by atoms with van der Waals surface area (Å²) >= 11 is 0. The number of para-hydroxylation sites is 1. The molecule has 0 saturated heterocycles. The molecule has 94 valence electrons. The Bertz CT molecular complexity index is 376. The molecule has 0 heterocycles. The lowest BCUT2D eigenvalue weighted by molar-refractivity contribution is 0.632. The molecule has 2 nitrogen and oxygen atoms in total. The third-order valence-corrected chi connectivity index (χ3v) is 3.47. The van der Waals surface area contributed by atoms with E-state index in [1.165, 1.54) is 19.3 Å². The van der Waals surface area contributed by atoms with Crippen molar-refractivity contribution < 1.29 is 4.89 Å². The number of aryl methyl sites for hydroxylation is 1. The highest BCUT2D eigenvalue weighted by molar-refractivity contribution is 7.41. The fourth-order valence-corrected chi connectivity index (χ4v) is 2.26. The molecule has 0 aliphatic rings. The lowest BCUT2D eigenvalue weighted by atomic mass is 10.1. The van der Waals surface area contributed by atoms with Crippen LogP contribution in [0.15, 0.2) is 23.2 Å². The number of unbranched alkanes of at least 4 members (excludes halogenated alkanes) is 1. The first-order valence-electron chi connectivity index (χ1n) is 6.23. The van der Waals surface area contributed by atoms with Crippen molar-refractivity contribution in [1.82, 2.24) is 0 Å². The summed E-state index contributed by atoms with van der Waals surface area (Å²) in [5.41, 5.74) is 2.07. The second kappa shape index (κ2) is 7.58. The molecule has 0 aliphatic carbocycles. The number of hydrogen-bond acceptors (Lipinski definition) is 2. The van der Waals surface area contributed by atoms with Crippen LogP contribution in [0.2, 0.25) is 0 Å². The highest BCUT2D eigenvalue weighted by Gasteiger charge is 2.03. The zero-order valence-corrected chi connectivity index (χ0v) is 11.9. The molecule has 1 N–H and O–H groups in total. The van der Waals surface area contributed by atoms with Crippen LogP contribution in [0.4, 0.5) is 5.69 Å². The summed E-state index contributed by atoms with van der Waals surface area (Å²) in [6, 6.07) is 5.94. The molecule has 0 saturated carbocycles. The lowest BCUT2D eigenvalue weighted by Crippen LogP contribution is -1.99. The first kappa shape index (κ1) is 14.3. The quantitative estimate of drug-likeness (QED) is 0.606. The number of nitrogens with zero attached hydrogens (tertiary/aromatic N) is 1. The van der Waals surface area contributed by atoms with Gasteiger partial charge in [0.2, 0.25) is 0 Å². The normalized spacial score (nSPS) is 13.9. The highest BCUT2D eigenvalue weighted by atomic mass is 31.1. The van der Waals surface area contributed by atoms with Gasteiger partial charge in [-0.3, -0.25) is 4.99 Å². The van der Waals surface area contributed by atoms with Crippen molar-refractivity contribution in [3.63, 3.8) is 0 Å². The Morgan fingerprint density at radius 2 is 2.24 bits per heavy atom. The van der Waals surface area contributed by atoms with Gasteiger partial charge in [0.25, 0.3) is 0 Å². The van der Waals surface area contributed by atoms with Crippen LogP contribution >= 0.6 is 8.81 Å². The molecule has 0 aromatic heterocycles. The topological polar surface area (TPSA) is 32.6 Å². The fraction of sp³-hybridized carbons (Fsp3) is 0.500. The largest absolute Gasteiger partial charge is 0.372 e. The number of rotatable bonds is 6. The van der Waals surface area contributed by atoms with Gasteiger partial charge in [-0.05, 0) is 24.8 Å². The van der Waals surface area contributed by atoms with Crippen LogP contribution in [0.1, 0.15) is 38.7 Å². The Kier molecular flexibility index (Phi) is 6.39. The molecule has 0 radical (unpaired) electrons. The maximum Gasteiger partial charge on any atom is 0.0751 e. The predicted octanol–water partition coefficient (Wildman–Crippen LogP) is 3.73. The molecule has 0 bridgehead atoms. The van der Waals surface area contributed by atoms with E-state index in [0.717, 1.165) is 16.6 Å². The maximum atomic E-state index is 9.30. The second-order valence-corrected chi connectivity index (χ2v) is 5.24. The molecule has 0 aliphatic heterocycles. The SMILES string of the molecule is CCCCC(C)C=Nc1c(C)cccc1PO. The molecule has 1 rings (SSSR count). The zero-order chi connectivity index (χ0) is 12.7. The highest BCUT2D eigenvalue weighted by Crippen LogP contribution is 2.21. The van der Waals surface area contributed by atoms with E-state index >= 15 is 0 Å². The Morgan fingerprint density at radius 1 is 1.47 bits per heavy atom. The van der Waals surface area contributed by atoms with Gasteiger partial charge >= 0.3 is 0 Å². The first-order chi connectivity index (χ1) is 8.19. The van der Waals surface area contributed by atoms with Gasteiger partial charge in [0.1, 0.15) is 0 Å². The van der Waals surface area contributed by atoms with Crippen molar-refractivity contribution in [3.05, 3.63) is 23.8 Å². The summed E-state index contributed by atoms with van der Waals surface area (Å²) in [5.74, 6) is 0.504. The van der Waals surface area contributed by atoms with Crippen molar-refractivity contribution in [3.8, 4) is 0 Å². The smallest absolute Gasteiger partial charge is 0.0751 e. The average Bonchev–Trinajstić information content (AvgIpc) is 2.34. The lowest BCUT2D eigenvalue weighted by Gasteiger charge is -2.07. The number of aliphatic imine (C=N–C) groups is 1. The van der Waals surface area contributed by atoms with Crippen LogP contribution in [0, 0.1) is 12.8 Å². The fourth-order valence-electron chi connectivity index (χ4n) is 1.72. The van der Waals surface area contributed by atoms with Gasteiger partial charge in [0.15, 0.2) is 0 Å². The average molecular weight is 251 g/mol. The molecule has 0 spiro atoms. The van der Waals surface area contributed by atoms with E-state index in [2.05, 4.69) is 18.8 Å². The van der Waals surface area contributed by atoms with Gasteiger partial charge in [-0.1, -0.05) is 44.9 Å². The van der Waals surface area contributed by atoms with E-state index in [0.29, 0.717) is 5.92 Å². The summed E-state index contributed by atoms with van der Waals surface area (Å²) in [5, 5.41) is 0.934. The van der Waals surface area contributed by atoms with E-state index in [4.69, 9.17) is 0 Å². The molecule has 2 unspecified atom stereocenters. The molecule has 1 aromatic carbocycles. The van der Waals surface area contributed by atoms with E-state index < -0.39 is 0 Å². The van der Waals surface area contributed by atoms with Crippen molar-refractivity contribution in [2.24, 2.45) is 10.9 Å². The Labute approximate surface area is 106 Å². The zero-order valence-electron chi connectivity index (χ0n) is 10.9. The molecule has 3 heteroatoms. The first-order valence-corrected chi connectivity index (χ1v) is 7.17. The summed E-state index contributed by atoms with van der Waals surface area (Å²) in [4.78, 5) is 13.9. The minimum Gasteiger partial charge on any atom is -0.372 e. The van der Waals surface area contributed by atoms with Crippen LogP contribution in [-0.2, 0) is 0 Å². The van der Waals surface area contributed by atoms with Crippen molar-refractivity contribution in [2.45, 2.75) is 40.0 Å². The summed E-state index contributed by atoms with van der Waals surface area (Å²) < 4.78 is 0. The summed E-state index contributed by atoms with van der Waals surface area (Å²) in [6.07, 6.45) is 5.67. The Balaban J connectivity index is 2.76. The van der Waals surface area contributed by atoms with Crippen LogP contribution in [0.25, 0.3) is 0 Å². The van der Waals surface area contributed by atoms with Gasteiger partial charge in [-0.2, -0.15) is 0 Å². The summed E-state index contributed by atoms with van der Waals surface area (Å²) in [6.45, 7) is 6.43. The maximum absolute atomic E-state index is 9.30. The standard InChI is InChI=1S/C14H22NOP/c1-4-5-7-11(2)10-15-14-12(3)8-6-9-13(14)17-16/h6,8-11,16-17H,4-5,7H2,1-3H3. The van der Waals surface area contributed by atoms with Gasteiger partial charge in [0, 0.05) is 20.3 Å². The van der Waals surface area contributed by atoms with Crippen LogP contribution in [-0.4, -0.2) is 11.1 Å². The third kappa shape index (κ3) is 4.57. The third-order valence-electron chi connectivity index (χ3n) is 2.83. The van der Waals surface area contributed by atoms with E-state index in [1.807, 2.05) is 31.3 Å². The van der Waals surface area contributed by atoms with Crippen molar-refractivity contribution in [2.75, 3.05) is 0 Å². The van der Waals surface area contributed by atoms with Gasteiger partial charge in [-0.25, -0.2) is 0 Å². The van der Waals surface area contributed by atoms with Gasteiger partial charge in [-0.15, -0.1) is 0 Å².